The fraction of sp³-hybridized carbons (Fsp3) is 0.375. The van der Waals surface area contributed by atoms with Gasteiger partial charge in [0, 0.05) is 18.7 Å². The van der Waals surface area contributed by atoms with Gasteiger partial charge in [0.2, 0.25) is 17.5 Å². The minimum absolute atomic E-state index is 0.266. The first-order chi connectivity index (χ1) is 10.6. The highest BCUT2D eigenvalue weighted by atomic mass is 16.5. The van der Waals surface area contributed by atoms with Gasteiger partial charge < -0.3 is 19.4 Å². The highest BCUT2D eigenvalue weighted by Gasteiger charge is 2.14. The molecule has 2 aromatic rings. The molecular formula is C16H20N4O2. The molecule has 0 aliphatic heterocycles. The van der Waals surface area contributed by atoms with Gasteiger partial charge in [-0.25, -0.2) is 0 Å². The van der Waals surface area contributed by atoms with E-state index in [1.54, 1.807) is 0 Å². The Balaban J connectivity index is 2.14. The van der Waals surface area contributed by atoms with Gasteiger partial charge in [0.15, 0.2) is 0 Å². The summed E-state index contributed by atoms with van der Waals surface area (Å²) in [6, 6.07) is 9.49. The summed E-state index contributed by atoms with van der Waals surface area (Å²) in [6.45, 7) is 4.08. The molecule has 1 heterocycles. The summed E-state index contributed by atoms with van der Waals surface area (Å²) in [4.78, 5) is 6.27. The molecule has 0 radical (unpaired) electrons. The maximum absolute atomic E-state index is 9.16. The van der Waals surface area contributed by atoms with Gasteiger partial charge in [0.25, 0.3) is 0 Å². The van der Waals surface area contributed by atoms with E-state index >= 15 is 0 Å². The third-order valence-electron chi connectivity index (χ3n) is 2.99. The minimum Gasteiger partial charge on any atom is -0.494 e. The van der Waals surface area contributed by atoms with E-state index in [-0.39, 0.29) is 5.69 Å². The number of rotatable bonds is 7. The van der Waals surface area contributed by atoms with E-state index in [0.29, 0.717) is 24.9 Å². The molecule has 0 saturated heterocycles. The zero-order chi connectivity index (χ0) is 15.9. The van der Waals surface area contributed by atoms with Crippen molar-refractivity contribution < 1.29 is 9.15 Å². The molecular weight excluding hydrogens is 280 g/mol. The van der Waals surface area contributed by atoms with Gasteiger partial charge in [-0.05, 0) is 45.3 Å². The van der Waals surface area contributed by atoms with Gasteiger partial charge in [-0.15, -0.1) is 0 Å². The van der Waals surface area contributed by atoms with E-state index in [4.69, 9.17) is 14.4 Å². The molecule has 6 nitrogen and oxygen atoms in total. The Morgan fingerprint density at radius 3 is 2.64 bits per heavy atom. The van der Waals surface area contributed by atoms with Crippen molar-refractivity contribution in [3.63, 3.8) is 0 Å². The predicted octanol–water partition coefficient (Wildman–Crippen LogP) is 2.59. The van der Waals surface area contributed by atoms with Crippen molar-refractivity contribution in [2.24, 2.45) is 0 Å². The number of nitrogens with one attached hydrogen (secondary N) is 1. The second-order valence-electron chi connectivity index (χ2n) is 5.00. The summed E-state index contributed by atoms with van der Waals surface area (Å²) in [7, 11) is 3.97. The zero-order valence-electron chi connectivity index (χ0n) is 13.1. The number of benzene rings is 1. The summed E-state index contributed by atoms with van der Waals surface area (Å²) in [5.41, 5.74) is 1.07. The normalized spacial score (nSPS) is 10.5. The fourth-order valence-electron chi connectivity index (χ4n) is 1.89. The van der Waals surface area contributed by atoms with Gasteiger partial charge in [0.05, 0.1) is 6.61 Å². The van der Waals surface area contributed by atoms with Gasteiger partial charge in [-0.1, -0.05) is 0 Å². The molecule has 1 aromatic carbocycles. The lowest BCUT2D eigenvalue weighted by atomic mass is 10.2. The molecule has 0 saturated carbocycles. The van der Waals surface area contributed by atoms with Gasteiger partial charge in [-0.2, -0.15) is 10.2 Å². The van der Waals surface area contributed by atoms with Crippen LogP contribution in [0.5, 0.6) is 5.75 Å². The maximum atomic E-state index is 9.16. The van der Waals surface area contributed by atoms with Crippen molar-refractivity contribution in [2.75, 3.05) is 39.1 Å². The van der Waals surface area contributed by atoms with Gasteiger partial charge in [0.1, 0.15) is 11.8 Å². The smallest absolute Gasteiger partial charge is 0.232 e. The van der Waals surface area contributed by atoms with Crippen LogP contribution < -0.4 is 10.1 Å². The molecule has 0 atom stereocenters. The van der Waals surface area contributed by atoms with E-state index in [0.717, 1.165) is 17.9 Å². The molecule has 0 aliphatic carbocycles. The highest BCUT2D eigenvalue weighted by molar-refractivity contribution is 5.59. The van der Waals surface area contributed by atoms with E-state index in [1.807, 2.05) is 56.3 Å². The van der Waals surface area contributed by atoms with Crippen molar-refractivity contribution in [1.82, 2.24) is 9.88 Å². The Labute approximate surface area is 130 Å². The first-order valence-electron chi connectivity index (χ1n) is 7.16. The quantitative estimate of drug-likeness (QED) is 0.847. The van der Waals surface area contributed by atoms with Crippen molar-refractivity contribution in [2.45, 2.75) is 6.92 Å². The zero-order valence-corrected chi connectivity index (χ0v) is 13.1. The molecule has 6 heteroatoms. The van der Waals surface area contributed by atoms with Crippen molar-refractivity contribution >= 4 is 5.88 Å². The topological polar surface area (TPSA) is 74.3 Å². The number of oxazole rings is 1. The molecule has 116 valence electrons. The van der Waals surface area contributed by atoms with E-state index in [9.17, 15) is 0 Å². The molecule has 0 unspecified atom stereocenters. The number of nitriles is 1. The lowest BCUT2D eigenvalue weighted by Gasteiger charge is -2.09. The summed E-state index contributed by atoms with van der Waals surface area (Å²) in [5.74, 6) is 1.63. The Hall–Kier alpha value is -2.52. The number of likely N-dealkylation sites (N-methyl/N-ethyl adjacent to an activating group) is 1. The van der Waals surface area contributed by atoms with Crippen molar-refractivity contribution in [3.05, 3.63) is 30.0 Å². The third-order valence-corrected chi connectivity index (χ3v) is 2.99. The average Bonchev–Trinajstić information content (AvgIpc) is 2.91. The molecule has 1 aromatic heterocycles. The molecule has 0 fully saturated rings. The number of nitrogens with zero attached hydrogens (tertiary/aromatic N) is 3. The molecule has 0 spiro atoms. The van der Waals surface area contributed by atoms with Crippen molar-refractivity contribution in [3.8, 4) is 23.3 Å². The van der Waals surface area contributed by atoms with Crippen LogP contribution in [0.25, 0.3) is 11.5 Å². The van der Waals surface area contributed by atoms with Crippen LogP contribution in [0.15, 0.2) is 28.7 Å². The average molecular weight is 300 g/mol. The largest absolute Gasteiger partial charge is 0.494 e. The van der Waals surface area contributed by atoms with Crippen LogP contribution in [0.4, 0.5) is 5.88 Å². The Bertz CT molecular complexity index is 641. The first kappa shape index (κ1) is 15.9. The summed E-state index contributed by atoms with van der Waals surface area (Å²) in [5, 5.41) is 12.3. The number of anilines is 1. The maximum Gasteiger partial charge on any atom is 0.232 e. The molecule has 0 amide bonds. The van der Waals surface area contributed by atoms with Crippen LogP contribution in [-0.4, -0.2) is 43.7 Å². The van der Waals surface area contributed by atoms with Crippen LogP contribution in [-0.2, 0) is 0 Å². The van der Waals surface area contributed by atoms with Gasteiger partial charge in [-0.3, -0.25) is 0 Å². The van der Waals surface area contributed by atoms with Crippen LogP contribution >= 0.6 is 0 Å². The number of ether oxygens (including phenoxy) is 1. The lowest BCUT2D eigenvalue weighted by molar-refractivity contribution is 0.340. The lowest BCUT2D eigenvalue weighted by Crippen LogP contribution is -2.20. The molecule has 22 heavy (non-hydrogen) atoms. The Morgan fingerprint density at radius 1 is 1.32 bits per heavy atom. The van der Waals surface area contributed by atoms with Crippen LogP contribution in [0, 0.1) is 11.3 Å². The number of hydrogen-bond donors (Lipinski definition) is 1. The second kappa shape index (κ2) is 7.48. The van der Waals surface area contributed by atoms with Crippen molar-refractivity contribution in [1.29, 1.82) is 5.26 Å². The molecule has 0 aliphatic rings. The molecule has 2 rings (SSSR count). The molecule has 0 bridgehead atoms. The van der Waals surface area contributed by atoms with E-state index in [1.165, 1.54) is 0 Å². The van der Waals surface area contributed by atoms with Gasteiger partial charge >= 0.3 is 0 Å². The number of aromatic nitrogens is 1. The minimum atomic E-state index is 0.266. The second-order valence-corrected chi connectivity index (χ2v) is 5.00. The van der Waals surface area contributed by atoms with E-state index < -0.39 is 0 Å². The Morgan fingerprint density at radius 2 is 2.05 bits per heavy atom. The third kappa shape index (κ3) is 3.99. The standard InChI is InChI=1S/C16H20N4O2/c1-4-21-13-7-5-12(6-8-13)15-19-14(11-17)16(22-15)18-9-10-20(2)3/h5-8,18H,4,9-10H2,1-3H3. The molecule has 1 N–H and O–H groups in total. The summed E-state index contributed by atoms with van der Waals surface area (Å²) in [6.07, 6.45) is 0. The Kier molecular flexibility index (Phi) is 5.39. The van der Waals surface area contributed by atoms with Crippen LogP contribution in [0.1, 0.15) is 12.6 Å². The highest BCUT2D eigenvalue weighted by Crippen LogP contribution is 2.26. The summed E-state index contributed by atoms with van der Waals surface area (Å²) < 4.78 is 11.1. The SMILES string of the molecule is CCOc1ccc(-c2nc(C#N)c(NCCN(C)C)o2)cc1. The summed E-state index contributed by atoms with van der Waals surface area (Å²) >= 11 is 0. The van der Waals surface area contributed by atoms with Crippen LogP contribution in [0.3, 0.4) is 0 Å². The fourth-order valence-corrected chi connectivity index (χ4v) is 1.89. The van der Waals surface area contributed by atoms with Crippen LogP contribution in [0.2, 0.25) is 0 Å². The monoisotopic (exact) mass is 300 g/mol. The van der Waals surface area contributed by atoms with E-state index in [2.05, 4.69) is 10.3 Å². The number of hydrogen-bond acceptors (Lipinski definition) is 6. The predicted molar refractivity (Wildman–Crippen MR) is 84.9 cm³/mol. The first-order valence-corrected chi connectivity index (χ1v) is 7.16.